The van der Waals surface area contributed by atoms with Gasteiger partial charge in [0, 0.05) is 6.54 Å². The number of hydrogen-bond donors (Lipinski definition) is 2. The summed E-state index contributed by atoms with van der Waals surface area (Å²) < 4.78 is 0. The quantitative estimate of drug-likeness (QED) is 0.780. The van der Waals surface area contributed by atoms with Crippen LogP contribution in [-0.2, 0) is 5.60 Å². The van der Waals surface area contributed by atoms with Crippen LogP contribution in [0.25, 0.3) is 10.8 Å². The second-order valence-electron chi connectivity index (χ2n) is 4.00. The van der Waals surface area contributed by atoms with Crippen LogP contribution in [0.3, 0.4) is 0 Å². The second-order valence-corrected chi connectivity index (χ2v) is 4.00. The van der Waals surface area contributed by atoms with E-state index in [0.29, 0.717) is 0 Å². The van der Waals surface area contributed by atoms with E-state index in [-0.39, 0.29) is 6.54 Å². The van der Waals surface area contributed by atoms with Crippen molar-refractivity contribution >= 4 is 10.8 Å². The van der Waals surface area contributed by atoms with Gasteiger partial charge in [0.2, 0.25) is 0 Å². The molecule has 0 heterocycles. The van der Waals surface area contributed by atoms with E-state index in [0.717, 1.165) is 16.3 Å². The fourth-order valence-electron chi connectivity index (χ4n) is 1.81. The van der Waals surface area contributed by atoms with Gasteiger partial charge in [-0.2, -0.15) is 0 Å². The number of fused-ring (bicyclic) bond motifs is 1. The van der Waals surface area contributed by atoms with Crippen molar-refractivity contribution in [3.05, 3.63) is 48.0 Å². The van der Waals surface area contributed by atoms with Crippen molar-refractivity contribution in [3.8, 4) is 0 Å². The summed E-state index contributed by atoms with van der Waals surface area (Å²) in [4.78, 5) is 0. The van der Waals surface area contributed by atoms with E-state index >= 15 is 0 Å². The van der Waals surface area contributed by atoms with Crippen molar-refractivity contribution < 1.29 is 5.11 Å². The third-order valence-corrected chi connectivity index (χ3v) is 2.77. The smallest absolute Gasteiger partial charge is 0.0996 e. The number of rotatable bonds is 2. The minimum absolute atomic E-state index is 0.223. The molecule has 3 N–H and O–H groups in total. The summed E-state index contributed by atoms with van der Waals surface area (Å²) in [6, 6.07) is 13.9. The Morgan fingerprint density at radius 3 is 2.53 bits per heavy atom. The summed E-state index contributed by atoms with van der Waals surface area (Å²) in [5, 5.41) is 12.4. The number of hydrogen-bond acceptors (Lipinski definition) is 2. The fraction of sp³-hybridized carbons (Fsp3) is 0.231. The average Bonchev–Trinajstić information content (AvgIpc) is 2.28. The van der Waals surface area contributed by atoms with Gasteiger partial charge in [0.05, 0.1) is 5.60 Å². The Kier molecular flexibility index (Phi) is 2.47. The van der Waals surface area contributed by atoms with E-state index in [1.165, 1.54) is 0 Å². The molecule has 0 aliphatic heterocycles. The predicted molar refractivity (Wildman–Crippen MR) is 62.6 cm³/mol. The minimum atomic E-state index is -0.957. The molecule has 78 valence electrons. The molecule has 0 aromatic heterocycles. The van der Waals surface area contributed by atoms with Gasteiger partial charge in [-0.15, -0.1) is 0 Å². The third kappa shape index (κ3) is 1.74. The highest BCUT2D eigenvalue weighted by molar-refractivity contribution is 5.86. The summed E-state index contributed by atoms with van der Waals surface area (Å²) in [7, 11) is 0. The average molecular weight is 201 g/mol. The molecule has 2 heteroatoms. The van der Waals surface area contributed by atoms with E-state index in [1.807, 2.05) is 42.5 Å². The number of nitrogens with two attached hydrogens (primary N) is 1. The summed E-state index contributed by atoms with van der Waals surface area (Å²) in [6.45, 7) is 1.97. The van der Waals surface area contributed by atoms with Crippen molar-refractivity contribution in [1.82, 2.24) is 0 Å². The van der Waals surface area contributed by atoms with Gasteiger partial charge in [-0.05, 0) is 23.3 Å². The van der Waals surface area contributed by atoms with Crippen molar-refractivity contribution in [3.63, 3.8) is 0 Å². The van der Waals surface area contributed by atoms with E-state index < -0.39 is 5.60 Å². The fourth-order valence-corrected chi connectivity index (χ4v) is 1.81. The molecular formula is C13H15NO. The maximum atomic E-state index is 10.2. The highest BCUT2D eigenvalue weighted by atomic mass is 16.3. The zero-order valence-electron chi connectivity index (χ0n) is 8.77. The molecular weight excluding hydrogens is 186 g/mol. The molecule has 0 fully saturated rings. The van der Waals surface area contributed by atoms with Crippen LogP contribution in [0.5, 0.6) is 0 Å². The van der Waals surface area contributed by atoms with Gasteiger partial charge in [-0.25, -0.2) is 0 Å². The lowest BCUT2D eigenvalue weighted by molar-refractivity contribution is 0.0684. The Morgan fingerprint density at radius 1 is 1.13 bits per heavy atom. The van der Waals surface area contributed by atoms with Crippen LogP contribution in [0.4, 0.5) is 0 Å². The van der Waals surface area contributed by atoms with Gasteiger partial charge < -0.3 is 10.8 Å². The van der Waals surface area contributed by atoms with Gasteiger partial charge in [0.1, 0.15) is 0 Å². The normalized spacial score (nSPS) is 15.1. The van der Waals surface area contributed by atoms with Crippen LogP contribution in [0, 0.1) is 0 Å². The summed E-state index contributed by atoms with van der Waals surface area (Å²) in [5.74, 6) is 0. The molecule has 0 aliphatic carbocycles. The van der Waals surface area contributed by atoms with Crippen molar-refractivity contribution in [2.24, 2.45) is 5.73 Å². The van der Waals surface area contributed by atoms with E-state index in [9.17, 15) is 5.11 Å². The molecule has 0 aliphatic rings. The van der Waals surface area contributed by atoms with Gasteiger partial charge in [0.15, 0.2) is 0 Å². The molecule has 2 nitrogen and oxygen atoms in total. The van der Waals surface area contributed by atoms with E-state index in [1.54, 1.807) is 6.92 Å². The molecule has 0 amide bonds. The lowest BCUT2D eigenvalue weighted by Crippen LogP contribution is -2.31. The SMILES string of the molecule is CC(O)(CN)c1cccc2ccccc12. The highest BCUT2D eigenvalue weighted by Crippen LogP contribution is 2.27. The van der Waals surface area contributed by atoms with Crippen molar-refractivity contribution in [2.75, 3.05) is 6.54 Å². The minimum Gasteiger partial charge on any atom is -0.384 e. The monoisotopic (exact) mass is 201 g/mol. The van der Waals surface area contributed by atoms with Crippen LogP contribution < -0.4 is 5.73 Å². The zero-order chi connectivity index (χ0) is 10.9. The molecule has 1 atom stereocenters. The Hall–Kier alpha value is -1.38. The maximum Gasteiger partial charge on any atom is 0.0996 e. The lowest BCUT2D eigenvalue weighted by atomic mass is 9.91. The summed E-state index contributed by atoms with van der Waals surface area (Å²) in [5.41, 5.74) is 5.51. The Labute approximate surface area is 89.3 Å². The van der Waals surface area contributed by atoms with Crippen LogP contribution >= 0.6 is 0 Å². The predicted octanol–water partition coefficient (Wildman–Crippen LogP) is 2.01. The molecule has 2 aromatic carbocycles. The Balaban J connectivity index is 2.71. The van der Waals surface area contributed by atoms with E-state index in [4.69, 9.17) is 5.73 Å². The first-order chi connectivity index (χ1) is 7.15. The van der Waals surface area contributed by atoms with Gasteiger partial charge in [-0.1, -0.05) is 42.5 Å². The topological polar surface area (TPSA) is 46.2 Å². The first-order valence-electron chi connectivity index (χ1n) is 5.06. The Bertz CT molecular complexity index is 471. The van der Waals surface area contributed by atoms with Crippen molar-refractivity contribution in [2.45, 2.75) is 12.5 Å². The molecule has 0 spiro atoms. The van der Waals surface area contributed by atoms with Crippen LogP contribution in [0.1, 0.15) is 12.5 Å². The largest absolute Gasteiger partial charge is 0.384 e. The zero-order valence-corrected chi connectivity index (χ0v) is 8.77. The first-order valence-corrected chi connectivity index (χ1v) is 5.06. The highest BCUT2D eigenvalue weighted by Gasteiger charge is 2.22. The molecule has 2 aromatic rings. The second kappa shape index (κ2) is 3.65. The summed E-state index contributed by atoms with van der Waals surface area (Å²) in [6.07, 6.45) is 0. The molecule has 0 bridgehead atoms. The van der Waals surface area contributed by atoms with Crippen LogP contribution in [0.15, 0.2) is 42.5 Å². The van der Waals surface area contributed by atoms with Crippen LogP contribution in [-0.4, -0.2) is 11.7 Å². The lowest BCUT2D eigenvalue weighted by Gasteiger charge is -2.23. The molecule has 2 rings (SSSR count). The van der Waals surface area contributed by atoms with E-state index in [2.05, 4.69) is 0 Å². The van der Waals surface area contributed by atoms with Crippen LogP contribution in [0.2, 0.25) is 0 Å². The molecule has 0 saturated carbocycles. The molecule has 15 heavy (non-hydrogen) atoms. The van der Waals surface area contributed by atoms with Crippen molar-refractivity contribution in [1.29, 1.82) is 0 Å². The first kappa shape index (κ1) is 10.1. The number of aliphatic hydroxyl groups is 1. The van der Waals surface area contributed by atoms with Gasteiger partial charge >= 0.3 is 0 Å². The Morgan fingerprint density at radius 2 is 1.80 bits per heavy atom. The maximum absolute atomic E-state index is 10.2. The molecule has 0 saturated heterocycles. The molecule has 1 unspecified atom stereocenters. The van der Waals surface area contributed by atoms with Gasteiger partial charge in [0.25, 0.3) is 0 Å². The third-order valence-electron chi connectivity index (χ3n) is 2.77. The standard InChI is InChI=1S/C13H15NO/c1-13(15,9-14)12-8-4-6-10-5-2-3-7-11(10)12/h2-8,15H,9,14H2,1H3. The number of benzene rings is 2. The summed E-state index contributed by atoms with van der Waals surface area (Å²) >= 11 is 0. The van der Waals surface area contributed by atoms with Gasteiger partial charge in [-0.3, -0.25) is 0 Å². The molecule has 0 radical (unpaired) electrons.